The lowest BCUT2D eigenvalue weighted by atomic mass is 10.0. The summed E-state index contributed by atoms with van der Waals surface area (Å²) < 4.78 is 4.67. The Balaban J connectivity index is 2.53. The number of methoxy groups -OCH3 is 1. The van der Waals surface area contributed by atoms with E-state index in [9.17, 15) is 4.79 Å². The van der Waals surface area contributed by atoms with Crippen molar-refractivity contribution in [1.82, 2.24) is 0 Å². The first-order valence-electron chi connectivity index (χ1n) is 4.57. The van der Waals surface area contributed by atoms with Crippen molar-refractivity contribution >= 4 is 11.5 Å². The number of nitrogens with zero attached hydrogens (tertiary/aromatic N) is 1. The van der Waals surface area contributed by atoms with E-state index in [2.05, 4.69) is 10.8 Å². The van der Waals surface area contributed by atoms with Crippen LogP contribution in [0.25, 0.3) is 5.57 Å². The summed E-state index contributed by atoms with van der Waals surface area (Å²) in [4.78, 5) is 11.4. The van der Waals surface area contributed by atoms with Crippen LogP contribution in [-0.4, -0.2) is 13.1 Å². The Labute approximate surface area is 87.6 Å². The number of allylic oxidation sites excluding steroid dienone is 1. The predicted octanol–water partition coefficient (Wildman–Crippen LogP) is 1.86. The molecule has 0 saturated heterocycles. The number of carbonyl (C=O) groups excluding carboxylic acids is 1. The second kappa shape index (κ2) is 3.58. The fourth-order valence-corrected chi connectivity index (χ4v) is 1.75. The van der Waals surface area contributed by atoms with Crippen LogP contribution in [0.2, 0.25) is 0 Å². The number of benzene rings is 1. The van der Waals surface area contributed by atoms with Crippen LogP contribution >= 0.6 is 0 Å². The van der Waals surface area contributed by atoms with Gasteiger partial charge in [0.2, 0.25) is 0 Å². The monoisotopic (exact) mass is 199 g/mol. The fourth-order valence-electron chi connectivity index (χ4n) is 1.75. The minimum atomic E-state index is -0.389. The molecule has 1 aromatic rings. The van der Waals surface area contributed by atoms with E-state index in [1.54, 1.807) is 6.08 Å². The van der Waals surface area contributed by atoms with Gasteiger partial charge in [0.05, 0.1) is 24.7 Å². The minimum absolute atomic E-state index is 0.338. The average Bonchev–Trinajstić information content (AvgIpc) is 2.67. The highest BCUT2D eigenvalue weighted by molar-refractivity contribution is 6.18. The van der Waals surface area contributed by atoms with Gasteiger partial charge in [-0.3, -0.25) is 0 Å². The normalized spacial score (nSPS) is 17.6. The van der Waals surface area contributed by atoms with Crippen molar-refractivity contribution in [1.29, 1.82) is 5.26 Å². The van der Waals surface area contributed by atoms with Gasteiger partial charge in [-0.1, -0.05) is 24.3 Å². The maximum absolute atomic E-state index is 11.4. The molecule has 0 N–H and O–H groups in total. The Morgan fingerprint density at radius 3 is 2.87 bits per heavy atom. The first-order valence-corrected chi connectivity index (χ1v) is 4.57. The molecule has 0 fully saturated rings. The van der Waals surface area contributed by atoms with Gasteiger partial charge in [0, 0.05) is 0 Å². The number of hydrogen-bond donors (Lipinski definition) is 0. The standard InChI is InChI=1S/C12H9NO2/c1-15-12(14)11-6-8(7-13)9-4-2-3-5-10(9)11/h2-6,8H,1H3. The van der Waals surface area contributed by atoms with Crippen LogP contribution in [-0.2, 0) is 9.53 Å². The van der Waals surface area contributed by atoms with Crippen molar-refractivity contribution in [3.63, 3.8) is 0 Å². The number of carbonyl (C=O) groups is 1. The van der Waals surface area contributed by atoms with Crippen molar-refractivity contribution in [2.45, 2.75) is 5.92 Å². The van der Waals surface area contributed by atoms with Gasteiger partial charge in [-0.05, 0) is 17.2 Å². The van der Waals surface area contributed by atoms with Gasteiger partial charge < -0.3 is 4.74 Å². The highest BCUT2D eigenvalue weighted by atomic mass is 16.5. The third-order valence-electron chi connectivity index (χ3n) is 2.46. The largest absolute Gasteiger partial charge is 0.465 e. The Hall–Kier alpha value is -2.08. The zero-order valence-corrected chi connectivity index (χ0v) is 8.23. The maximum atomic E-state index is 11.4. The molecule has 3 heteroatoms. The zero-order valence-electron chi connectivity index (χ0n) is 8.23. The van der Waals surface area contributed by atoms with Gasteiger partial charge in [-0.2, -0.15) is 5.26 Å². The summed E-state index contributed by atoms with van der Waals surface area (Å²) in [7, 11) is 1.34. The number of ether oxygens (including phenoxy) is 1. The summed E-state index contributed by atoms with van der Waals surface area (Å²) in [5, 5.41) is 8.94. The Morgan fingerprint density at radius 2 is 2.20 bits per heavy atom. The van der Waals surface area contributed by atoms with E-state index in [-0.39, 0.29) is 11.9 Å². The molecule has 3 nitrogen and oxygen atoms in total. The lowest BCUT2D eigenvalue weighted by Crippen LogP contribution is -2.02. The van der Waals surface area contributed by atoms with E-state index >= 15 is 0 Å². The van der Waals surface area contributed by atoms with Crippen LogP contribution in [0.3, 0.4) is 0 Å². The zero-order chi connectivity index (χ0) is 10.8. The third-order valence-corrected chi connectivity index (χ3v) is 2.46. The van der Waals surface area contributed by atoms with Crippen LogP contribution in [0.4, 0.5) is 0 Å². The van der Waals surface area contributed by atoms with E-state index < -0.39 is 0 Å². The predicted molar refractivity (Wildman–Crippen MR) is 54.8 cm³/mol. The summed E-state index contributed by atoms with van der Waals surface area (Å²) >= 11 is 0. The van der Waals surface area contributed by atoms with Crippen molar-refractivity contribution in [3.05, 3.63) is 41.5 Å². The van der Waals surface area contributed by atoms with Gasteiger partial charge >= 0.3 is 5.97 Å². The second-order valence-electron chi connectivity index (χ2n) is 3.27. The number of fused-ring (bicyclic) bond motifs is 1. The van der Waals surface area contributed by atoms with Gasteiger partial charge in [0.15, 0.2) is 0 Å². The average molecular weight is 199 g/mol. The summed E-state index contributed by atoms with van der Waals surface area (Å²) in [5.74, 6) is -0.726. The molecule has 0 radical (unpaired) electrons. The third kappa shape index (κ3) is 1.40. The van der Waals surface area contributed by atoms with E-state index in [0.717, 1.165) is 11.1 Å². The van der Waals surface area contributed by atoms with Gasteiger partial charge in [-0.15, -0.1) is 0 Å². The number of nitriles is 1. The molecule has 1 aliphatic rings. The smallest absolute Gasteiger partial charge is 0.338 e. The first kappa shape index (κ1) is 9.47. The summed E-state index contributed by atoms with van der Waals surface area (Å²) in [5.41, 5.74) is 2.16. The molecule has 0 spiro atoms. The first-order chi connectivity index (χ1) is 7.27. The number of hydrogen-bond acceptors (Lipinski definition) is 3. The molecule has 0 aliphatic heterocycles. The minimum Gasteiger partial charge on any atom is -0.465 e. The van der Waals surface area contributed by atoms with E-state index in [1.807, 2.05) is 24.3 Å². The Kier molecular flexibility index (Phi) is 2.26. The second-order valence-corrected chi connectivity index (χ2v) is 3.27. The lowest BCUT2D eigenvalue weighted by molar-refractivity contribution is -0.133. The number of rotatable bonds is 1. The van der Waals surface area contributed by atoms with Crippen molar-refractivity contribution < 1.29 is 9.53 Å². The van der Waals surface area contributed by atoms with Crippen LogP contribution in [0.15, 0.2) is 30.3 Å². The SMILES string of the molecule is COC(=O)C1=CC(C#N)c2ccccc21. The van der Waals surface area contributed by atoms with E-state index in [0.29, 0.717) is 5.57 Å². The van der Waals surface area contributed by atoms with Crippen molar-refractivity contribution in [3.8, 4) is 6.07 Å². The Morgan fingerprint density at radius 1 is 1.47 bits per heavy atom. The topological polar surface area (TPSA) is 50.1 Å². The molecule has 1 aromatic carbocycles. The van der Waals surface area contributed by atoms with Gasteiger partial charge in [0.25, 0.3) is 0 Å². The molecule has 74 valence electrons. The summed E-state index contributed by atoms with van der Waals surface area (Å²) in [6.45, 7) is 0. The van der Waals surface area contributed by atoms with Crippen molar-refractivity contribution in [2.24, 2.45) is 0 Å². The molecule has 0 aromatic heterocycles. The highest BCUT2D eigenvalue weighted by Gasteiger charge is 2.27. The van der Waals surface area contributed by atoms with Crippen molar-refractivity contribution in [2.75, 3.05) is 7.11 Å². The molecule has 0 amide bonds. The van der Waals surface area contributed by atoms with Crippen LogP contribution < -0.4 is 0 Å². The summed E-state index contributed by atoms with van der Waals surface area (Å²) in [6.07, 6.45) is 1.65. The molecule has 0 saturated carbocycles. The molecule has 0 bridgehead atoms. The van der Waals surface area contributed by atoms with E-state index in [1.165, 1.54) is 7.11 Å². The van der Waals surface area contributed by atoms with Gasteiger partial charge in [0.1, 0.15) is 0 Å². The van der Waals surface area contributed by atoms with Crippen LogP contribution in [0.1, 0.15) is 17.0 Å². The molecular formula is C12H9NO2. The van der Waals surface area contributed by atoms with Gasteiger partial charge in [-0.25, -0.2) is 4.79 Å². The fraction of sp³-hybridized carbons (Fsp3) is 0.167. The molecule has 0 heterocycles. The Bertz CT molecular complexity index is 483. The molecule has 15 heavy (non-hydrogen) atoms. The molecule has 1 aliphatic carbocycles. The molecule has 1 unspecified atom stereocenters. The molecule has 2 rings (SSSR count). The highest BCUT2D eigenvalue weighted by Crippen LogP contribution is 2.35. The van der Waals surface area contributed by atoms with Crippen LogP contribution in [0.5, 0.6) is 0 Å². The summed E-state index contributed by atoms with van der Waals surface area (Å²) in [6, 6.07) is 9.53. The van der Waals surface area contributed by atoms with Crippen LogP contribution in [0, 0.1) is 11.3 Å². The molecular weight excluding hydrogens is 190 g/mol. The molecule has 1 atom stereocenters. The quantitative estimate of drug-likeness (QED) is 0.648. The van der Waals surface area contributed by atoms with E-state index in [4.69, 9.17) is 5.26 Å². The maximum Gasteiger partial charge on any atom is 0.338 e. The number of esters is 1. The lowest BCUT2D eigenvalue weighted by Gasteiger charge is -2.03.